The zero-order valence-corrected chi connectivity index (χ0v) is 15.6. The number of anilines is 2. The topological polar surface area (TPSA) is 105 Å². The lowest BCUT2D eigenvalue weighted by molar-refractivity contribution is -0.384. The number of nitrogens with zero attached hydrogens (tertiary/aromatic N) is 2. The Morgan fingerprint density at radius 3 is 2.41 bits per heavy atom. The van der Waals surface area contributed by atoms with Crippen molar-refractivity contribution in [1.82, 2.24) is 4.90 Å². The van der Waals surface area contributed by atoms with Crippen molar-refractivity contribution in [2.24, 2.45) is 0 Å². The van der Waals surface area contributed by atoms with E-state index in [9.17, 15) is 19.7 Å². The average molecular weight is 391 g/mol. The second kappa shape index (κ2) is 9.11. The van der Waals surface area contributed by atoms with Crippen LogP contribution in [-0.4, -0.2) is 41.8 Å². The fourth-order valence-corrected chi connectivity index (χ4v) is 2.59. The van der Waals surface area contributed by atoms with Crippen LogP contribution in [0.1, 0.15) is 5.56 Å². The quantitative estimate of drug-likeness (QED) is 0.558. The Bertz CT molecular complexity index is 872. The van der Waals surface area contributed by atoms with Crippen molar-refractivity contribution in [3.05, 3.63) is 63.2 Å². The average Bonchev–Trinajstić information content (AvgIpc) is 2.55. The van der Waals surface area contributed by atoms with Gasteiger partial charge in [-0.15, -0.1) is 0 Å². The highest BCUT2D eigenvalue weighted by Gasteiger charge is 2.17. The van der Waals surface area contributed by atoms with Gasteiger partial charge in [-0.1, -0.05) is 23.7 Å². The molecule has 0 aliphatic heterocycles. The summed E-state index contributed by atoms with van der Waals surface area (Å²) in [6.07, 6.45) is 0. The van der Waals surface area contributed by atoms with Crippen LogP contribution < -0.4 is 10.6 Å². The van der Waals surface area contributed by atoms with Gasteiger partial charge < -0.3 is 10.6 Å². The number of nitro groups is 1. The van der Waals surface area contributed by atoms with Crippen LogP contribution in [0.25, 0.3) is 0 Å². The van der Waals surface area contributed by atoms with Crippen LogP contribution in [0, 0.1) is 17.0 Å². The molecule has 142 valence electrons. The van der Waals surface area contributed by atoms with Gasteiger partial charge in [0.25, 0.3) is 5.69 Å². The Balaban J connectivity index is 1.90. The number of amides is 2. The molecule has 0 saturated carbocycles. The summed E-state index contributed by atoms with van der Waals surface area (Å²) in [5.74, 6) is -0.770. The van der Waals surface area contributed by atoms with Gasteiger partial charge in [0.05, 0.1) is 18.0 Å². The van der Waals surface area contributed by atoms with Crippen molar-refractivity contribution in [2.45, 2.75) is 6.92 Å². The fourth-order valence-electron chi connectivity index (χ4n) is 2.40. The van der Waals surface area contributed by atoms with Gasteiger partial charge in [0, 0.05) is 16.8 Å². The van der Waals surface area contributed by atoms with Crippen LogP contribution in [0.3, 0.4) is 0 Å². The van der Waals surface area contributed by atoms with E-state index in [1.807, 2.05) is 0 Å². The first-order valence-electron chi connectivity index (χ1n) is 8.03. The number of hydrogen-bond donors (Lipinski definition) is 2. The molecule has 0 saturated heterocycles. The number of benzene rings is 2. The van der Waals surface area contributed by atoms with E-state index in [0.29, 0.717) is 10.7 Å². The van der Waals surface area contributed by atoms with Crippen molar-refractivity contribution < 1.29 is 14.5 Å². The molecule has 0 spiro atoms. The maximum Gasteiger partial charge on any atom is 0.293 e. The lowest BCUT2D eigenvalue weighted by Crippen LogP contribution is -2.36. The first-order chi connectivity index (χ1) is 12.7. The Labute approximate surface area is 161 Å². The van der Waals surface area contributed by atoms with E-state index in [1.54, 1.807) is 44.3 Å². The highest BCUT2D eigenvalue weighted by molar-refractivity contribution is 6.30. The molecule has 0 bridgehead atoms. The maximum atomic E-state index is 12.1. The third-order valence-electron chi connectivity index (χ3n) is 3.56. The van der Waals surface area contributed by atoms with Gasteiger partial charge in [-0.3, -0.25) is 24.6 Å². The van der Waals surface area contributed by atoms with E-state index in [0.717, 1.165) is 5.56 Å². The summed E-state index contributed by atoms with van der Waals surface area (Å²) in [4.78, 5) is 36.2. The first-order valence-corrected chi connectivity index (χ1v) is 8.41. The Kier molecular flexibility index (Phi) is 6.86. The van der Waals surface area contributed by atoms with Crippen molar-refractivity contribution in [3.63, 3.8) is 0 Å². The predicted molar refractivity (Wildman–Crippen MR) is 104 cm³/mol. The van der Waals surface area contributed by atoms with E-state index in [1.165, 1.54) is 17.0 Å². The molecule has 0 unspecified atom stereocenters. The smallest absolute Gasteiger partial charge is 0.293 e. The summed E-state index contributed by atoms with van der Waals surface area (Å²) in [5, 5.41) is 16.8. The molecule has 0 heterocycles. The summed E-state index contributed by atoms with van der Waals surface area (Å²) >= 11 is 5.86. The normalized spacial score (nSPS) is 10.5. The van der Waals surface area contributed by atoms with Crippen LogP contribution in [0.15, 0.2) is 42.5 Å². The molecule has 0 aromatic heterocycles. The van der Waals surface area contributed by atoms with Gasteiger partial charge in [0.2, 0.25) is 11.8 Å². The predicted octanol–water partition coefficient (Wildman–Crippen LogP) is 3.07. The van der Waals surface area contributed by atoms with Gasteiger partial charge in [-0.05, 0) is 43.8 Å². The van der Waals surface area contributed by atoms with Crippen LogP contribution in [-0.2, 0) is 9.59 Å². The Morgan fingerprint density at radius 2 is 1.78 bits per heavy atom. The van der Waals surface area contributed by atoms with Crippen molar-refractivity contribution in [2.75, 3.05) is 30.8 Å². The number of nitro benzene ring substituents is 1. The zero-order valence-electron chi connectivity index (χ0n) is 14.9. The lowest BCUT2D eigenvalue weighted by Gasteiger charge is -2.16. The van der Waals surface area contributed by atoms with Crippen LogP contribution in [0.2, 0.25) is 5.02 Å². The highest BCUT2D eigenvalue weighted by atomic mass is 35.5. The van der Waals surface area contributed by atoms with Crippen molar-refractivity contribution in [3.8, 4) is 0 Å². The van der Waals surface area contributed by atoms with Gasteiger partial charge in [-0.2, -0.15) is 0 Å². The third-order valence-corrected chi connectivity index (χ3v) is 3.79. The molecule has 2 amide bonds. The third kappa shape index (κ3) is 6.36. The highest BCUT2D eigenvalue weighted by Crippen LogP contribution is 2.25. The summed E-state index contributed by atoms with van der Waals surface area (Å²) in [7, 11) is 1.60. The van der Waals surface area contributed by atoms with Crippen LogP contribution in [0.5, 0.6) is 0 Å². The SMILES string of the molecule is Cc1ccc(NC(=O)CN(C)CC(=O)Nc2cccc(Cl)c2)c([N+](=O)[O-])c1. The molecule has 0 atom stereocenters. The number of carbonyl (C=O) groups is 2. The van der Waals surface area contributed by atoms with Gasteiger partial charge in [-0.25, -0.2) is 0 Å². The van der Waals surface area contributed by atoms with E-state index in [4.69, 9.17) is 11.6 Å². The van der Waals surface area contributed by atoms with E-state index >= 15 is 0 Å². The summed E-state index contributed by atoms with van der Waals surface area (Å²) in [6, 6.07) is 11.3. The summed E-state index contributed by atoms with van der Waals surface area (Å²) in [6.45, 7) is 1.59. The number of halogens is 1. The first kappa shape index (κ1) is 20.3. The molecule has 8 nitrogen and oxygen atoms in total. The molecule has 0 radical (unpaired) electrons. The van der Waals surface area contributed by atoms with Crippen molar-refractivity contribution >= 4 is 40.5 Å². The minimum Gasteiger partial charge on any atom is -0.325 e. The van der Waals surface area contributed by atoms with Gasteiger partial charge in [0.15, 0.2) is 0 Å². The Hall–Kier alpha value is -2.97. The molecule has 0 aliphatic rings. The maximum absolute atomic E-state index is 12.1. The molecule has 2 aromatic rings. The molecular formula is C18H19ClN4O4. The number of carbonyl (C=O) groups excluding carboxylic acids is 2. The largest absolute Gasteiger partial charge is 0.325 e. The number of rotatable bonds is 7. The minimum absolute atomic E-state index is 0.0318. The number of likely N-dealkylation sites (N-methyl/N-ethyl adjacent to an activating group) is 1. The standard InChI is InChI=1S/C18H19ClN4O4/c1-12-6-7-15(16(8-12)23(26)27)21-18(25)11-22(2)10-17(24)20-14-5-3-4-13(19)9-14/h3-9H,10-11H2,1-2H3,(H,20,24)(H,21,25). The number of aryl methyl sites for hydroxylation is 1. The molecule has 9 heteroatoms. The molecular weight excluding hydrogens is 372 g/mol. The monoisotopic (exact) mass is 390 g/mol. The molecule has 2 N–H and O–H groups in total. The van der Waals surface area contributed by atoms with E-state index in [2.05, 4.69) is 10.6 Å². The second-order valence-electron chi connectivity index (χ2n) is 6.06. The number of nitrogens with one attached hydrogen (secondary N) is 2. The van der Waals surface area contributed by atoms with Crippen LogP contribution in [0.4, 0.5) is 17.1 Å². The molecule has 2 rings (SSSR count). The molecule has 0 aliphatic carbocycles. The lowest BCUT2D eigenvalue weighted by atomic mass is 10.2. The van der Waals surface area contributed by atoms with Crippen molar-refractivity contribution in [1.29, 1.82) is 0 Å². The van der Waals surface area contributed by atoms with Crippen LogP contribution >= 0.6 is 11.6 Å². The minimum atomic E-state index is -0.551. The molecule has 27 heavy (non-hydrogen) atoms. The second-order valence-corrected chi connectivity index (χ2v) is 6.49. The van der Waals surface area contributed by atoms with Gasteiger partial charge >= 0.3 is 0 Å². The van der Waals surface area contributed by atoms with E-state index < -0.39 is 10.8 Å². The van der Waals surface area contributed by atoms with Gasteiger partial charge in [0.1, 0.15) is 5.69 Å². The zero-order chi connectivity index (χ0) is 20.0. The molecule has 0 fully saturated rings. The summed E-state index contributed by atoms with van der Waals surface area (Å²) < 4.78 is 0. The Morgan fingerprint density at radius 1 is 1.11 bits per heavy atom. The molecule has 2 aromatic carbocycles. The summed E-state index contributed by atoms with van der Waals surface area (Å²) in [5.41, 5.74) is 1.22. The number of hydrogen-bond acceptors (Lipinski definition) is 5. The van der Waals surface area contributed by atoms with E-state index in [-0.39, 0.29) is 30.4 Å². The fraction of sp³-hybridized carbons (Fsp3) is 0.222.